The first kappa shape index (κ1) is 10.8. The van der Waals surface area contributed by atoms with E-state index >= 15 is 0 Å². The second kappa shape index (κ2) is 4.83. The second-order valence-electron chi connectivity index (χ2n) is 3.21. The van der Waals surface area contributed by atoms with Crippen LogP contribution in [0.2, 0.25) is 0 Å². The van der Waals surface area contributed by atoms with E-state index in [0.717, 1.165) is 5.75 Å². The van der Waals surface area contributed by atoms with E-state index in [4.69, 9.17) is 10.5 Å². The average Bonchev–Trinajstić information content (AvgIpc) is 2.54. The van der Waals surface area contributed by atoms with E-state index in [1.807, 2.05) is 6.26 Å². The smallest absolute Gasteiger partial charge is 0.242 e. The number of carbonyl (C=O) groups is 1. The first-order valence-electron chi connectivity index (χ1n) is 4.33. The van der Waals surface area contributed by atoms with Crippen molar-refractivity contribution in [3.63, 3.8) is 0 Å². The zero-order chi connectivity index (χ0) is 9.73. The molecule has 0 saturated carbocycles. The van der Waals surface area contributed by atoms with Gasteiger partial charge in [0, 0.05) is 18.9 Å². The number of hydrogen-bond donors (Lipinski definition) is 2. The lowest BCUT2D eigenvalue weighted by Crippen LogP contribution is -2.54. The molecular weight excluding hydrogens is 188 g/mol. The van der Waals surface area contributed by atoms with E-state index in [1.165, 1.54) is 0 Å². The van der Waals surface area contributed by atoms with E-state index < -0.39 is 5.54 Å². The average molecular weight is 204 g/mol. The lowest BCUT2D eigenvalue weighted by molar-refractivity contribution is -0.126. The van der Waals surface area contributed by atoms with Crippen molar-refractivity contribution in [1.82, 2.24) is 5.32 Å². The maximum atomic E-state index is 11.5. The van der Waals surface area contributed by atoms with Gasteiger partial charge < -0.3 is 15.8 Å². The van der Waals surface area contributed by atoms with Gasteiger partial charge in [-0.1, -0.05) is 0 Å². The topological polar surface area (TPSA) is 64.4 Å². The SMILES string of the molecule is CSCCNC(=O)C1(N)CCOC1. The summed E-state index contributed by atoms with van der Waals surface area (Å²) in [6, 6.07) is 0. The number of nitrogens with two attached hydrogens (primary N) is 1. The summed E-state index contributed by atoms with van der Waals surface area (Å²) in [5, 5.41) is 2.80. The number of rotatable bonds is 4. The molecule has 5 heteroatoms. The zero-order valence-electron chi connectivity index (χ0n) is 7.84. The molecule has 1 unspecified atom stereocenters. The Hall–Kier alpha value is -0.260. The van der Waals surface area contributed by atoms with Crippen LogP contribution in [0.25, 0.3) is 0 Å². The molecule has 0 radical (unpaired) electrons. The number of hydrogen-bond acceptors (Lipinski definition) is 4. The first-order valence-corrected chi connectivity index (χ1v) is 5.72. The van der Waals surface area contributed by atoms with Crippen LogP contribution in [0.15, 0.2) is 0 Å². The molecule has 1 aliphatic heterocycles. The van der Waals surface area contributed by atoms with Crippen LogP contribution in [-0.4, -0.2) is 43.2 Å². The van der Waals surface area contributed by atoms with Crippen LogP contribution in [0.4, 0.5) is 0 Å². The summed E-state index contributed by atoms with van der Waals surface area (Å²) in [5.74, 6) is 0.835. The molecule has 1 heterocycles. The quantitative estimate of drug-likeness (QED) is 0.611. The van der Waals surface area contributed by atoms with Crippen molar-refractivity contribution in [2.75, 3.05) is 31.8 Å². The lowest BCUT2D eigenvalue weighted by atomic mass is 9.99. The molecule has 1 amide bonds. The van der Waals surface area contributed by atoms with Crippen molar-refractivity contribution in [1.29, 1.82) is 0 Å². The van der Waals surface area contributed by atoms with Crippen molar-refractivity contribution >= 4 is 17.7 Å². The Balaban J connectivity index is 2.29. The predicted octanol–water partition coefficient (Wildman–Crippen LogP) is -0.417. The largest absolute Gasteiger partial charge is 0.379 e. The predicted molar refractivity (Wildman–Crippen MR) is 53.7 cm³/mol. The summed E-state index contributed by atoms with van der Waals surface area (Å²) in [7, 11) is 0. The zero-order valence-corrected chi connectivity index (χ0v) is 8.65. The Labute approximate surface area is 82.6 Å². The van der Waals surface area contributed by atoms with Gasteiger partial charge in [-0.25, -0.2) is 0 Å². The van der Waals surface area contributed by atoms with Gasteiger partial charge in [0.05, 0.1) is 6.61 Å². The Morgan fingerprint density at radius 3 is 3.08 bits per heavy atom. The molecule has 4 nitrogen and oxygen atoms in total. The molecule has 1 atom stereocenters. The molecule has 0 aliphatic carbocycles. The minimum atomic E-state index is -0.779. The fraction of sp³-hybridized carbons (Fsp3) is 0.875. The fourth-order valence-electron chi connectivity index (χ4n) is 1.20. The molecule has 1 aliphatic rings. The van der Waals surface area contributed by atoms with Gasteiger partial charge in [0.1, 0.15) is 5.54 Å². The third-order valence-corrected chi connectivity index (χ3v) is 2.71. The van der Waals surface area contributed by atoms with Gasteiger partial charge in [-0.05, 0) is 12.7 Å². The molecule has 0 spiro atoms. The maximum Gasteiger partial charge on any atom is 0.242 e. The van der Waals surface area contributed by atoms with Gasteiger partial charge in [0.25, 0.3) is 0 Å². The molecule has 0 aromatic carbocycles. The molecule has 0 aromatic heterocycles. The van der Waals surface area contributed by atoms with Crippen molar-refractivity contribution in [3.8, 4) is 0 Å². The van der Waals surface area contributed by atoms with Gasteiger partial charge in [-0.2, -0.15) is 11.8 Å². The van der Waals surface area contributed by atoms with Crippen LogP contribution in [0.5, 0.6) is 0 Å². The third kappa shape index (κ3) is 2.86. The molecule has 1 fully saturated rings. The van der Waals surface area contributed by atoms with E-state index in [2.05, 4.69) is 5.32 Å². The van der Waals surface area contributed by atoms with Crippen molar-refractivity contribution in [2.45, 2.75) is 12.0 Å². The van der Waals surface area contributed by atoms with Gasteiger partial charge in [0.15, 0.2) is 0 Å². The monoisotopic (exact) mass is 204 g/mol. The van der Waals surface area contributed by atoms with E-state index in [9.17, 15) is 4.79 Å². The van der Waals surface area contributed by atoms with E-state index in [-0.39, 0.29) is 5.91 Å². The molecule has 0 aromatic rings. The highest BCUT2D eigenvalue weighted by Gasteiger charge is 2.37. The van der Waals surface area contributed by atoms with Gasteiger partial charge in [-0.3, -0.25) is 4.79 Å². The lowest BCUT2D eigenvalue weighted by Gasteiger charge is -2.20. The molecule has 76 valence electrons. The summed E-state index contributed by atoms with van der Waals surface area (Å²) >= 11 is 1.70. The van der Waals surface area contributed by atoms with E-state index in [1.54, 1.807) is 11.8 Å². The van der Waals surface area contributed by atoms with Gasteiger partial charge >= 0.3 is 0 Å². The number of ether oxygens (including phenoxy) is 1. The summed E-state index contributed by atoms with van der Waals surface area (Å²) in [4.78, 5) is 11.5. The van der Waals surface area contributed by atoms with Crippen LogP contribution in [0.1, 0.15) is 6.42 Å². The van der Waals surface area contributed by atoms with Crippen LogP contribution < -0.4 is 11.1 Å². The van der Waals surface area contributed by atoms with Crippen LogP contribution in [0, 0.1) is 0 Å². The minimum absolute atomic E-state index is 0.0842. The second-order valence-corrected chi connectivity index (χ2v) is 4.19. The summed E-state index contributed by atoms with van der Waals surface area (Å²) in [6.45, 7) is 1.61. The highest BCUT2D eigenvalue weighted by atomic mass is 32.2. The number of carbonyl (C=O) groups excluding carboxylic acids is 1. The number of thioether (sulfide) groups is 1. The summed E-state index contributed by atoms with van der Waals surface area (Å²) in [5.41, 5.74) is 5.06. The van der Waals surface area contributed by atoms with Gasteiger partial charge in [-0.15, -0.1) is 0 Å². The third-order valence-electron chi connectivity index (χ3n) is 2.10. The standard InChI is InChI=1S/C8H16N2O2S/c1-13-5-3-10-7(11)8(9)2-4-12-6-8/h2-6,9H2,1H3,(H,10,11). The molecule has 1 rings (SSSR count). The maximum absolute atomic E-state index is 11.5. The molecular formula is C8H16N2O2S. The summed E-state index contributed by atoms with van der Waals surface area (Å²) in [6.07, 6.45) is 2.63. The van der Waals surface area contributed by atoms with Crippen LogP contribution >= 0.6 is 11.8 Å². The highest BCUT2D eigenvalue weighted by molar-refractivity contribution is 7.98. The highest BCUT2D eigenvalue weighted by Crippen LogP contribution is 2.15. The Kier molecular flexibility index (Phi) is 4.02. The Morgan fingerprint density at radius 1 is 1.77 bits per heavy atom. The fourth-order valence-corrected chi connectivity index (χ4v) is 1.51. The van der Waals surface area contributed by atoms with Gasteiger partial charge in [0.2, 0.25) is 5.91 Å². The van der Waals surface area contributed by atoms with Crippen LogP contribution in [-0.2, 0) is 9.53 Å². The minimum Gasteiger partial charge on any atom is -0.379 e. The van der Waals surface area contributed by atoms with Crippen molar-refractivity contribution in [3.05, 3.63) is 0 Å². The molecule has 0 bridgehead atoms. The Morgan fingerprint density at radius 2 is 2.54 bits per heavy atom. The summed E-state index contributed by atoms with van der Waals surface area (Å²) < 4.78 is 5.10. The van der Waals surface area contributed by atoms with Crippen LogP contribution in [0.3, 0.4) is 0 Å². The molecule has 3 N–H and O–H groups in total. The Bertz CT molecular complexity index is 181. The number of amides is 1. The normalized spacial score (nSPS) is 27.5. The molecule has 13 heavy (non-hydrogen) atoms. The molecule has 1 saturated heterocycles. The number of nitrogens with one attached hydrogen (secondary N) is 1. The van der Waals surface area contributed by atoms with E-state index in [0.29, 0.717) is 26.2 Å². The first-order chi connectivity index (χ1) is 6.19. The van der Waals surface area contributed by atoms with Crippen molar-refractivity contribution < 1.29 is 9.53 Å². The van der Waals surface area contributed by atoms with Crippen molar-refractivity contribution in [2.24, 2.45) is 5.73 Å².